The lowest BCUT2D eigenvalue weighted by Gasteiger charge is -2.10. The quantitative estimate of drug-likeness (QED) is 0.726. The van der Waals surface area contributed by atoms with Gasteiger partial charge in [-0.3, -0.25) is 4.79 Å². The van der Waals surface area contributed by atoms with Crippen molar-refractivity contribution in [2.75, 3.05) is 37.8 Å². The number of nitrogens with one attached hydrogen (secondary N) is 2. The first-order valence-corrected chi connectivity index (χ1v) is 8.12. The van der Waals surface area contributed by atoms with E-state index in [0.29, 0.717) is 11.5 Å². The molecule has 0 fully saturated rings. The van der Waals surface area contributed by atoms with Crippen LogP contribution in [0, 0.1) is 0 Å². The number of benzene rings is 1. The molecular formula is C16H20BrN5O. The van der Waals surface area contributed by atoms with Gasteiger partial charge in [-0.2, -0.15) is 0 Å². The lowest BCUT2D eigenvalue weighted by atomic mass is 10.3. The number of carbonyl (C=O) groups excluding carboxylic acids is 1. The van der Waals surface area contributed by atoms with E-state index in [-0.39, 0.29) is 11.6 Å². The zero-order chi connectivity index (χ0) is 16.7. The molecule has 1 heterocycles. The highest BCUT2D eigenvalue weighted by atomic mass is 79.9. The monoisotopic (exact) mass is 377 g/mol. The second-order valence-corrected chi connectivity index (χ2v) is 6.16. The molecule has 0 aliphatic rings. The number of rotatable bonds is 7. The van der Waals surface area contributed by atoms with Crippen LogP contribution in [-0.2, 0) is 0 Å². The molecule has 0 aliphatic carbocycles. The number of aromatic nitrogens is 2. The van der Waals surface area contributed by atoms with Gasteiger partial charge in [0.15, 0.2) is 0 Å². The van der Waals surface area contributed by atoms with Crippen molar-refractivity contribution in [3.63, 3.8) is 0 Å². The third-order valence-corrected chi connectivity index (χ3v) is 3.79. The Bertz CT molecular complexity index is 645. The van der Waals surface area contributed by atoms with E-state index in [4.69, 9.17) is 0 Å². The van der Waals surface area contributed by atoms with Crippen molar-refractivity contribution in [2.45, 2.75) is 6.42 Å². The Morgan fingerprint density at radius 1 is 1.22 bits per heavy atom. The Labute approximate surface area is 144 Å². The Balaban J connectivity index is 1.89. The van der Waals surface area contributed by atoms with E-state index in [2.05, 4.69) is 41.4 Å². The van der Waals surface area contributed by atoms with E-state index in [1.165, 1.54) is 6.20 Å². The van der Waals surface area contributed by atoms with Gasteiger partial charge < -0.3 is 15.5 Å². The highest BCUT2D eigenvalue weighted by molar-refractivity contribution is 9.10. The number of amides is 1. The summed E-state index contributed by atoms with van der Waals surface area (Å²) >= 11 is 3.39. The van der Waals surface area contributed by atoms with Crippen molar-refractivity contribution < 1.29 is 4.79 Å². The summed E-state index contributed by atoms with van der Waals surface area (Å²) < 4.78 is 0.820. The third-order valence-electron chi connectivity index (χ3n) is 3.09. The summed E-state index contributed by atoms with van der Waals surface area (Å²) in [4.78, 5) is 22.7. The lowest BCUT2D eigenvalue weighted by Crippen LogP contribution is -2.17. The maximum absolute atomic E-state index is 12.2. The molecule has 0 unspecified atom stereocenters. The molecule has 2 N–H and O–H groups in total. The van der Waals surface area contributed by atoms with Gasteiger partial charge in [0.2, 0.25) is 0 Å². The number of nitrogens with zero attached hydrogens (tertiary/aromatic N) is 3. The van der Waals surface area contributed by atoms with Crippen LogP contribution >= 0.6 is 15.9 Å². The van der Waals surface area contributed by atoms with E-state index >= 15 is 0 Å². The Hall–Kier alpha value is -1.99. The summed E-state index contributed by atoms with van der Waals surface area (Å²) in [5.41, 5.74) is 0.977. The van der Waals surface area contributed by atoms with E-state index in [9.17, 15) is 4.79 Å². The molecule has 0 aliphatic heterocycles. The Kier molecular flexibility index (Phi) is 6.49. The Morgan fingerprint density at radius 3 is 2.65 bits per heavy atom. The molecule has 6 nitrogen and oxygen atoms in total. The molecule has 0 spiro atoms. The molecule has 0 bridgehead atoms. The third kappa shape index (κ3) is 5.61. The zero-order valence-electron chi connectivity index (χ0n) is 13.2. The average Bonchev–Trinajstić information content (AvgIpc) is 2.54. The van der Waals surface area contributed by atoms with Crippen LogP contribution in [0.25, 0.3) is 0 Å². The molecule has 0 saturated carbocycles. The lowest BCUT2D eigenvalue weighted by molar-refractivity contribution is 0.102. The van der Waals surface area contributed by atoms with Crippen molar-refractivity contribution in [3.8, 4) is 0 Å². The van der Waals surface area contributed by atoms with Gasteiger partial charge in [-0.1, -0.05) is 12.1 Å². The molecule has 23 heavy (non-hydrogen) atoms. The van der Waals surface area contributed by atoms with Gasteiger partial charge in [0.05, 0.1) is 18.1 Å². The smallest absolute Gasteiger partial charge is 0.275 e. The molecule has 1 aromatic carbocycles. The number of hydrogen-bond acceptors (Lipinski definition) is 5. The van der Waals surface area contributed by atoms with Gasteiger partial charge in [0.1, 0.15) is 11.5 Å². The summed E-state index contributed by atoms with van der Waals surface area (Å²) in [5.74, 6) is 0.379. The standard InChI is InChI=1S/C16H20BrN5O/c1-22(2)9-5-8-18-15-11-19-14(10-20-15)16(23)21-13-7-4-3-6-12(13)17/h3-4,6-7,10-11H,5,8-9H2,1-2H3,(H,18,20)(H,21,23). The van der Waals surface area contributed by atoms with Crippen molar-refractivity contribution in [1.82, 2.24) is 14.9 Å². The minimum absolute atomic E-state index is 0.277. The van der Waals surface area contributed by atoms with Crippen LogP contribution in [-0.4, -0.2) is 48.0 Å². The average molecular weight is 378 g/mol. The van der Waals surface area contributed by atoms with Crippen LogP contribution in [0.1, 0.15) is 16.9 Å². The summed E-state index contributed by atoms with van der Waals surface area (Å²) in [6.07, 6.45) is 4.06. The summed E-state index contributed by atoms with van der Waals surface area (Å²) in [6, 6.07) is 7.42. The molecular weight excluding hydrogens is 358 g/mol. The van der Waals surface area contributed by atoms with E-state index < -0.39 is 0 Å². The van der Waals surface area contributed by atoms with Gasteiger partial charge in [0.25, 0.3) is 5.91 Å². The zero-order valence-corrected chi connectivity index (χ0v) is 14.8. The maximum atomic E-state index is 12.2. The van der Waals surface area contributed by atoms with E-state index in [1.807, 2.05) is 38.4 Å². The van der Waals surface area contributed by atoms with Crippen LogP contribution in [0.5, 0.6) is 0 Å². The first kappa shape index (κ1) is 17.4. The van der Waals surface area contributed by atoms with Gasteiger partial charge in [0, 0.05) is 11.0 Å². The molecule has 122 valence electrons. The number of hydrogen-bond donors (Lipinski definition) is 2. The molecule has 0 atom stereocenters. The topological polar surface area (TPSA) is 70.2 Å². The van der Waals surface area contributed by atoms with Gasteiger partial charge in [-0.05, 0) is 55.1 Å². The Morgan fingerprint density at radius 2 is 2.00 bits per heavy atom. The molecule has 0 radical (unpaired) electrons. The van der Waals surface area contributed by atoms with Crippen LogP contribution < -0.4 is 10.6 Å². The minimum atomic E-state index is -0.288. The predicted octanol–water partition coefficient (Wildman–Crippen LogP) is 2.86. The maximum Gasteiger partial charge on any atom is 0.275 e. The van der Waals surface area contributed by atoms with Gasteiger partial charge >= 0.3 is 0 Å². The molecule has 7 heteroatoms. The number of para-hydroxylation sites is 1. The SMILES string of the molecule is CN(C)CCCNc1cnc(C(=O)Nc2ccccc2Br)cn1. The molecule has 2 rings (SSSR count). The van der Waals surface area contributed by atoms with E-state index in [1.54, 1.807) is 6.20 Å². The van der Waals surface area contributed by atoms with Crippen molar-refractivity contribution in [2.24, 2.45) is 0 Å². The number of anilines is 2. The summed E-state index contributed by atoms with van der Waals surface area (Å²) in [6.45, 7) is 1.82. The highest BCUT2D eigenvalue weighted by Crippen LogP contribution is 2.21. The molecule has 1 amide bonds. The fraction of sp³-hybridized carbons (Fsp3) is 0.312. The van der Waals surface area contributed by atoms with Crippen molar-refractivity contribution in [3.05, 3.63) is 46.8 Å². The second kappa shape index (κ2) is 8.59. The van der Waals surface area contributed by atoms with Crippen molar-refractivity contribution in [1.29, 1.82) is 0 Å². The number of carbonyl (C=O) groups is 1. The predicted molar refractivity (Wildman–Crippen MR) is 95.8 cm³/mol. The second-order valence-electron chi connectivity index (χ2n) is 5.30. The molecule has 0 saturated heterocycles. The highest BCUT2D eigenvalue weighted by Gasteiger charge is 2.10. The van der Waals surface area contributed by atoms with Crippen LogP contribution in [0.15, 0.2) is 41.1 Å². The molecule has 2 aromatic rings. The van der Waals surface area contributed by atoms with Crippen molar-refractivity contribution >= 4 is 33.3 Å². The van der Waals surface area contributed by atoms with Crippen LogP contribution in [0.2, 0.25) is 0 Å². The normalized spacial score (nSPS) is 10.6. The summed E-state index contributed by atoms with van der Waals surface area (Å²) in [5, 5.41) is 5.98. The van der Waals surface area contributed by atoms with Crippen LogP contribution in [0.3, 0.4) is 0 Å². The van der Waals surface area contributed by atoms with Crippen LogP contribution in [0.4, 0.5) is 11.5 Å². The van der Waals surface area contributed by atoms with Gasteiger partial charge in [-0.15, -0.1) is 0 Å². The molecule has 1 aromatic heterocycles. The van der Waals surface area contributed by atoms with E-state index in [0.717, 1.165) is 24.0 Å². The summed E-state index contributed by atoms with van der Waals surface area (Å²) in [7, 11) is 4.08. The largest absolute Gasteiger partial charge is 0.369 e. The first-order valence-electron chi connectivity index (χ1n) is 7.33. The first-order chi connectivity index (χ1) is 11.1. The van der Waals surface area contributed by atoms with Gasteiger partial charge in [-0.25, -0.2) is 9.97 Å². The fourth-order valence-electron chi connectivity index (χ4n) is 1.90. The fourth-order valence-corrected chi connectivity index (χ4v) is 2.28. The number of halogens is 1. The minimum Gasteiger partial charge on any atom is -0.369 e.